The number of halogens is 1. The molecule has 1 aromatic carbocycles. The third kappa shape index (κ3) is 3.81. The lowest BCUT2D eigenvalue weighted by molar-refractivity contribution is -0.124. The fourth-order valence-electron chi connectivity index (χ4n) is 2.34. The van der Waals surface area contributed by atoms with Crippen molar-refractivity contribution >= 4 is 15.9 Å². The molecule has 1 atom stereocenters. The van der Waals surface area contributed by atoms with E-state index in [4.69, 9.17) is 4.74 Å². The molecule has 0 fully saturated rings. The Morgan fingerprint density at radius 2 is 1.72 bits per heavy atom. The second kappa shape index (κ2) is 7.27. The predicted molar refractivity (Wildman–Crippen MR) is 78.8 cm³/mol. The third-order valence-electron chi connectivity index (χ3n) is 3.58. The second-order valence-corrected chi connectivity index (χ2v) is 5.47. The maximum atomic E-state index is 10.5. The SMILES string of the molecule is CCOC(CC)(CC)C(O)Cc1ccc(Br)cc1. The molecule has 102 valence electrons. The van der Waals surface area contributed by atoms with E-state index in [1.165, 1.54) is 0 Å². The van der Waals surface area contributed by atoms with E-state index in [9.17, 15) is 5.11 Å². The molecule has 0 aliphatic rings. The molecule has 3 heteroatoms. The van der Waals surface area contributed by atoms with E-state index in [-0.39, 0.29) is 0 Å². The highest BCUT2D eigenvalue weighted by atomic mass is 79.9. The molecule has 0 aromatic heterocycles. The molecule has 0 bridgehead atoms. The molecule has 1 N–H and O–H groups in total. The standard InChI is InChI=1S/C15H23BrO2/c1-4-15(5-2,18-6-3)14(17)11-12-7-9-13(16)10-8-12/h7-10,14,17H,4-6,11H2,1-3H3. The summed E-state index contributed by atoms with van der Waals surface area (Å²) in [5, 5.41) is 10.5. The lowest BCUT2D eigenvalue weighted by atomic mass is 9.86. The molecule has 1 rings (SSSR count). The van der Waals surface area contributed by atoms with Gasteiger partial charge in [0, 0.05) is 17.5 Å². The molecule has 2 nitrogen and oxygen atoms in total. The van der Waals surface area contributed by atoms with Crippen LogP contribution < -0.4 is 0 Å². The number of benzene rings is 1. The van der Waals surface area contributed by atoms with E-state index >= 15 is 0 Å². The van der Waals surface area contributed by atoms with E-state index in [2.05, 4.69) is 29.8 Å². The molecule has 0 heterocycles. The summed E-state index contributed by atoms with van der Waals surface area (Å²) in [7, 11) is 0. The van der Waals surface area contributed by atoms with Gasteiger partial charge in [0.1, 0.15) is 0 Å². The number of rotatable bonds is 7. The Morgan fingerprint density at radius 3 is 2.17 bits per heavy atom. The van der Waals surface area contributed by atoms with E-state index in [0.717, 1.165) is 22.9 Å². The minimum absolute atomic E-state index is 0.415. The number of hydrogen-bond donors (Lipinski definition) is 1. The first-order chi connectivity index (χ1) is 8.57. The zero-order chi connectivity index (χ0) is 13.6. The molecule has 0 spiro atoms. The first-order valence-corrected chi connectivity index (χ1v) is 7.43. The lowest BCUT2D eigenvalue weighted by Crippen LogP contribution is -2.45. The minimum Gasteiger partial charge on any atom is -0.390 e. The summed E-state index contributed by atoms with van der Waals surface area (Å²) in [5.74, 6) is 0. The molecule has 0 amide bonds. The summed E-state index contributed by atoms with van der Waals surface area (Å²) in [6, 6.07) is 8.08. The van der Waals surface area contributed by atoms with Crippen molar-refractivity contribution in [2.24, 2.45) is 0 Å². The molecule has 0 saturated heterocycles. The fourth-order valence-corrected chi connectivity index (χ4v) is 2.60. The first-order valence-electron chi connectivity index (χ1n) is 6.64. The summed E-state index contributed by atoms with van der Waals surface area (Å²) in [5.41, 5.74) is 0.721. The molecular formula is C15H23BrO2. The van der Waals surface area contributed by atoms with Gasteiger partial charge in [0.05, 0.1) is 11.7 Å². The predicted octanol–water partition coefficient (Wildman–Crippen LogP) is 3.95. The van der Waals surface area contributed by atoms with Crippen molar-refractivity contribution in [3.63, 3.8) is 0 Å². The third-order valence-corrected chi connectivity index (χ3v) is 4.11. The van der Waals surface area contributed by atoms with Crippen LogP contribution in [0, 0.1) is 0 Å². The molecule has 1 aromatic rings. The summed E-state index contributed by atoms with van der Waals surface area (Å²) in [4.78, 5) is 0. The Kier molecular flexibility index (Phi) is 6.33. The summed E-state index contributed by atoms with van der Waals surface area (Å²) < 4.78 is 6.88. The van der Waals surface area contributed by atoms with Gasteiger partial charge in [-0.15, -0.1) is 0 Å². The average molecular weight is 315 g/mol. The highest BCUT2D eigenvalue weighted by Crippen LogP contribution is 2.27. The molecule has 0 radical (unpaired) electrons. The molecular weight excluding hydrogens is 292 g/mol. The average Bonchev–Trinajstić information content (AvgIpc) is 2.38. The van der Waals surface area contributed by atoms with Crippen LogP contribution in [0.4, 0.5) is 0 Å². The van der Waals surface area contributed by atoms with Gasteiger partial charge in [0.25, 0.3) is 0 Å². The Morgan fingerprint density at radius 1 is 1.17 bits per heavy atom. The fraction of sp³-hybridized carbons (Fsp3) is 0.600. The number of ether oxygens (including phenoxy) is 1. The maximum Gasteiger partial charge on any atom is 0.0938 e. The Hall–Kier alpha value is -0.380. The Bertz CT molecular complexity index is 344. The van der Waals surface area contributed by atoms with Crippen molar-refractivity contribution in [2.75, 3.05) is 6.61 Å². The lowest BCUT2D eigenvalue weighted by Gasteiger charge is -2.36. The molecule has 0 saturated carbocycles. The van der Waals surface area contributed by atoms with Gasteiger partial charge < -0.3 is 9.84 Å². The van der Waals surface area contributed by atoms with E-state index in [0.29, 0.717) is 13.0 Å². The highest BCUT2D eigenvalue weighted by Gasteiger charge is 2.35. The highest BCUT2D eigenvalue weighted by molar-refractivity contribution is 9.10. The maximum absolute atomic E-state index is 10.5. The Balaban J connectivity index is 2.77. The first kappa shape index (κ1) is 15.7. The van der Waals surface area contributed by atoms with E-state index in [1.807, 2.05) is 31.2 Å². The van der Waals surface area contributed by atoms with Crippen LogP contribution in [0.25, 0.3) is 0 Å². The molecule has 1 unspecified atom stereocenters. The van der Waals surface area contributed by atoms with Crippen LogP contribution in [0.1, 0.15) is 39.2 Å². The van der Waals surface area contributed by atoms with E-state index < -0.39 is 11.7 Å². The summed E-state index contributed by atoms with van der Waals surface area (Å²) in [6.07, 6.45) is 1.83. The van der Waals surface area contributed by atoms with E-state index in [1.54, 1.807) is 0 Å². The van der Waals surface area contributed by atoms with Gasteiger partial charge >= 0.3 is 0 Å². The quantitative estimate of drug-likeness (QED) is 0.825. The van der Waals surface area contributed by atoms with Crippen LogP contribution in [-0.4, -0.2) is 23.4 Å². The minimum atomic E-state index is -0.464. The zero-order valence-corrected chi connectivity index (χ0v) is 13.0. The second-order valence-electron chi connectivity index (χ2n) is 4.55. The van der Waals surface area contributed by atoms with Gasteiger partial charge in [-0.1, -0.05) is 41.9 Å². The molecule has 0 aliphatic carbocycles. The van der Waals surface area contributed by atoms with Gasteiger partial charge in [-0.25, -0.2) is 0 Å². The Labute approximate surface area is 118 Å². The van der Waals surface area contributed by atoms with Crippen LogP contribution in [0.3, 0.4) is 0 Å². The topological polar surface area (TPSA) is 29.5 Å². The van der Waals surface area contributed by atoms with Crippen LogP contribution in [0.15, 0.2) is 28.7 Å². The number of aliphatic hydroxyl groups excluding tert-OH is 1. The van der Waals surface area contributed by atoms with Crippen molar-refractivity contribution in [3.8, 4) is 0 Å². The van der Waals surface area contributed by atoms with Gasteiger partial charge in [0.15, 0.2) is 0 Å². The normalized spacial score (nSPS) is 13.6. The van der Waals surface area contributed by atoms with Crippen molar-refractivity contribution in [2.45, 2.75) is 51.7 Å². The summed E-state index contributed by atoms with van der Waals surface area (Å²) in [6.45, 7) is 6.76. The van der Waals surface area contributed by atoms with Crippen LogP contribution in [-0.2, 0) is 11.2 Å². The monoisotopic (exact) mass is 314 g/mol. The smallest absolute Gasteiger partial charge is 0.0938 e. The van der Waals surface area contributed by atoms with Crippen molar-refractivity contribution in [1.82, 2.24) is 0 Å². The van der Waals surface area contributed by atoms with Gasteiger partial charge in [0.2, 0.25) is 0 Å². The van der Waals surface area contributed by atoms with Gasteiger partial charge in [-0.2, -0.15) is 0 Å². The van der Waals surface area contributed by atoms with Gasteiger partial charge in [-0.3, -0.25) is 0 Å². The summed E-state index contributed by atoms with van der Waals surface area (Å²) >= 11 is 3.42. The largest absolute Gasteiger partial charge is 0.390 e. The van der Waals surface area contributed by atoms with Crippen molar-refractivity contribution in [1.29, 1.82) is 0 Å². The molecule has 18 heavy (non-hydrogen) atoms. The van der Waals surface area contributed by atoms with Crippen LogP contribution in [0.5, 0.6) is 0 Å². The molecule has 0 aliphatic heterocycles. The zero-order valence-electron chi connectivity index (χ0n) is 11.4. The van der Waals surface area contributed by atoms with Crippen molar-refractivity contribution < 1.29 is 9.84 Å². The van der Waals surface area contributed by atoms with Crippen LogP contribution >= 0.6 is 15.9 Å². The van der Waals surface area contributed by atoms with Crippen LogP contribution in [0.2, 0.25) is 0 Å². The van der Waals surface area contributed by atoms with Gasteiger partial charge in [-0.05, 0) is 37.5 Å². The number of aliphatic hydroxyl groups is 1. The number of hydrogen-bond acceptors (Lipinski definition) is 2. The van der Waals surface area contributed by atoms with Crippen molar-refractivity contribution in [3.05, 3.63) is 34.3 Å².